The third-order valence-electron chi connectivity index (χ3n) is 4.05. The van der Waals surface area contributed by atoms with E-state index in [1.807, 2.05) is 6.07 Å². The van der Waals surface area contributed by atoms with Crippen LogP contribution in [0, 0.1) is 0 Å². The van der Waals surface area contributed by atoms with Crippen molar-refractivity contribution >= 4 is 11.6 Å². The van der Waals surface area contributed by atoms with Gasteiger partial charge in [0.2, 0.25) is 0 Å². The molecule has 1 aromatic heterocycles. The third kappa shape index (κ3) is 5.64. The topological polar surface area (TPSA) is 63.2 Å². The average Bonchev–Trinajstić information content (AvgIpc) is 2.80. The normalized spacial score (nSPS) is 16.0. The molecule has 1 aliphatic rings. The number of methoxy groups -OCH3 is 1. The van der Waals surface area contributed by atoms with E-state index in [0.717, 1.165) is 38.1 Å². The van der Waals surface area contributed by atoms with E-state index >= 15 is 0 Å². The van der Waals surface area contributed by atoms with Crippen molar-refractivity contribution < 1.29 is 9.53 Å². The minimum atomic E-state index is -0.0139. The largest absolute Gasteiger partial charge is 0.385 e. The lowest BCUT2D eigenvalue weighted by Gasteiger charge is -2.16. The minimum absolute atomic E-state index is 0.0139. The molecule has 0 saturated heterocycles. The highest BCUT2D eigenvalue weighted by Crippen LogP contribution is 2.18. The van der Waals surface area contributed by atoms with Crippen LogP contribution in [0.2, 0.25) is 0 Å². The predicted molar refractivity (Wildman–Crippen MR) is 88.2 cm³/mol. The van der Waals surface area contributed by atoms with Crippen molar-refractivity contribution in [1.82, 2.24) is 10.3 Å². The summed E-state index contributed by atoms with van der Waals surface area (Å²) in [4.78, 5) is 16.5. The standard InChI is InChI=1S/C17H27N3O2/c1-22-10-6-9-19-16-11-14(12-18-13-16)17(21)20-15-7-4-2-3-5-8-15/h11-13,15,19H,2-10H2,1H3,(H,20,21). The number of ether oxygens (including phenoxy) is 1. The Balaban J connectivity index is 1.86. The summed E-state index contributed by atoms with van der Waals surface area (Å²) in [7, 11) is 1.69. The lowest BCUT2D eigenvalue weighted by atomic mass is 10.1. The molecule has 5 nitrogen and oxygen atoms in total. The maximum absolute atomic E-state index is 12.4. The molecule has 1 fully saturated rings. The van der Waals surface area contributed by atoms with Gasteiger partial charge >= 0.3 is 0 Å². The van der Waals surface area contributed by atoms with Crippen LogP contribution < -0.4 is 10.6 Å². The Morgan fingerprint density at radius 3 is 2.77 bits per heavy atom. The fraction of sp³-hybridized carbons (Fsp3) is 0.647. The molecular weight excluding hydrogens is 278 g/mol. The van der Waals surface area contributed by atoms with Crippen molar-refractivity contribution in [2.75, 3.05) is 25.6 Å². The highest BCUT2D eigenvalue weighted by Gasteiger charge is 2.16. The van der Waals surface area contributed by atoms with Gasteiger partial charge in [-0.2, -0.15) is 0 Å². The van der Waals surface area contributed by atoms with Gasteiger partial charge in [0.05, 0.1) is 11.3 Å². The maximum Gasteiger partial charge on any atom is 0.253 e. The molecule has 0 bridgehead atoms. The number of carbonyl (C=O) groups excluding carboxylic acids is 1. The Labute approximate surface area is 132 Å². The number of hydrogen-bond donors (Lipinski definition) is 2. The van der Waals surface area contributed by atoms with Gasteiger partial charge in [0, 0.05) is 38.7 Å². The summed E-state index contributed by atoms with van der Waals surface area (Å²) in [6.45, 7) is 1.53. The summed E-state index contributed by atoms with van der Waals surface area (Å²) in [5.74, 6) is -0.0139. The summed E-state index contributed by atoms with van der Waals surface area (Å²) in [6, 6.07) is 2.18. The predicted octanol–water partition coefficient (Wildman–Crippen LogP) is 2.98. The van der Waals surface area contributed by atoms with Gasteiger partial charge in [-0.15, -0.1) is 0 Å². The molecule has 2 N–H and O–H groups in total. The fourth-order valence-corrected chi connectivity index (χ4v) is 2.80. The van der Waals surface area contributed by atoms with Gasteiger partial charge in [0.1, 0.15) is 0 Å². The van der Waals surface area contributed by atoms with Crippen LogP contribution in [-0.2, 0) is 4.74 Å². The van der Waals surface area contributed by atoms with Gasteiger partial charge in [-0.25, -0.2) is 0 Å². The molecule has 0 aliphatic heterocycles. The Morgan fingerprint density at radius 2 is 2.05 bits per heavy atom. The van der Waals surface area contributed by atoms with E-state index in [0.29, 0.717) is 11.6 Å². The van der Waals surface area contributed by atoms with Crippen molar-refractivity contribution in [1.29, 1.82) is 0 Å². The Hall–Kier alpha value is -1.62. The second-order valence-corrected chi connectivity index (χ2v) is 5.90. The zero-order chi connectivity index (χ0) is 15.6. The summed E-state index contributed by atoms with van der Waals surface area (Å²) in [5.41, 5.74) is 1.51. The molecular formula is C17H27N3O2. The lowest BCUT2D eigenvalue weighted by molar-refractivity contribution is 0.0933. The molecule has 0 unspecified atom stereocenters. The van der Waals surface area contributed by atoms with E-state index in [-0.39, 0.29) is 5.91 Å². The Kier molecular flexibility index (Phi) is 7.16. The van der Waals surface area contributed by atoms with E-state index in [1.54, 1.807) is 19.5 Å². The monoisotopic (exact) mass is 305 g/mol. The number of anilines is 1. The number of pyridine rings is 1. The molecule has 1 saturated carbocycles. The molecule has 2 rings (SSSR count). The molecule has 1 aliphatic carbocycles. The van der Waals surface area contributed by atoms with Crippen molar-refractivity contribution in [3.8, 4) is 0 Å². The first-order valence-corrected chi connectivity index (χ1v) is 8.28. The van der Waals surface area contributed by atoms with Crippen LogP contribution in [0.15, 0.2) is 18.5 Å². The van der Waals surface area contributed by atoms with Gasteiger partial charge in [0.25, 0.3) is 5.91 Å². The van der Waals surface area contributed by atoms with Crippen LogP contribution in [0.1, 0.15) is 55.3 Å². The van der Waals surface area contributed by atoms with Crippen LogP contribution in [0.5, 0.6) is 0 Å². The summed E-state index contributed by atoms with van der Waals surface area (Å²) in [6.07, 6.45) is 11.5. The number of amides is 1. The smallest absolute Gasteiger partial charge is 0.253 e. The molecule has 0 spiro atoms. The molecule has 5 heteroatoms. The van der Waals surface area contributed by atoms with Crippen molar-refractivity contribution in [2.45, 2.75) is 51.0 Å². The second-order valence-electron chi connectivity index (χ2n) is 5.90. The zero-order valence-electron chi connectivity index (χ0n) is 13.4. The maximum atomic E-state index is 12.4. The summed E-state index contributed by atoms with van der Waals surface area (Å²) in [5, 5.41) is 6.42. The second kappa shape index (κ2) is 9.41. The van der Waals surface area contributed by atoms with E-state index in [4.69, 9.17) is 4.74 Å². The van der Waals surface area contributed by atoms with Crippen LogP contribution in [-0.4, -0.2) is 37.2 Å². The number of nitrogens with zero attached hydrogens (tertiary/aromatic N) is 1. The Bertz CT molecular complexity index is 457. The first-order chi connectivity index (χ1) is 10.8. The highest BCUT2D eigenvalue weighted by atomic mass is 16.5. The molecule has 1 aromatic rings. The zero-order valence-corrected chi connectivity index (χ0v) is 13.4. The van der Waals surface area contributed by atoms with Crippen LogP contribution in [0.4, 0.5) is 5.69 Å². The number of hydrogen-bond acceptors (Lipinski definition) is 4. The molecule has 122 valence electrons. The van der Waals surface area contributed by atoms with Crippen LogP contribution in [0.3, 0.4) is 0 Å². The number of rotatable bonds is 7. The van der Waals surface area contributed by atoms with Crippen molar-refractivity contribution in [3.63, 3.8) is 0 Å². The minimum Gasteiger partial charge on any atom is -0.385 e. The molecule has 22 heavy (non-hydrogen) atoms. The van der Waals surface area contributed by atoms with Gasteiger partial charge in [-0.3, -0.25) is 9.78 Å². The van der Waals surface area contributed by atoms with Crippen LogP contribution >= 0.6 is 0 Å². The van der Waals surface area contributed by atoms with Crippen LogP contribution in [0.25, 0.3) is 0 Å². The number of aromatic nitrogens is 1. The molecule has 0 radical (unpaired) electrons. The fourth-order valence-electron chi connectivity index (χ4n) is 2.80. The lowest BCUT2D eigenvalue weighted by Crippen LogP contribution is -2.34. The quantitative estimate of drug-likeness (QED) is 0.600. The van der Waals surface area contributed by atoms with E-state index in [1.165, 1.54) is 25.7 Å². The van der Waals surface area contributed by atoms with E-state index in [2.05, 4.69) is 15.6 Å². The molecule has 1 heterocycles. The Morgan fingerprint density at radius 1 is 1.27 bits per heavy atom. The molecule has 0 aromatic carbocycles. The van der Waals surface area contributed by atoms with E-state index < -0.39 is 0 Å². The number of nitrogens with one attached hydrogen (secondary N) is 2. The van der Waals surface area contributed by atoms with Crippen molar-refractivity contribution in [3.05, 3.63) is 24.0 Å². The van der Waals surface area contributed by atoms with Crippen molar-refractivity contribution in [2.24, 2.45) is 0 Å². The third-order valence-corrected chi connectivity index (χ3v) is 4.05. The SMILES string of the molecule is COCCCNc1cncc(C(=O)NC2CCCCCC2)c1. The summed E-state index contributed by atoms with van der Waals surface area (Å²) >= 11 is 0. The first-order valence-electron chi connectivity index (χ1n) is 8.28. The molecule has 0 atom stereocenters. The summed E-state index contributed by atoms with van der Waals surface area (Å²) < 4.78 is 5.02. The molecule has 1 amide bonds. The average molecular weight is 305 g/mol. The first kappa shape index (κ1) is 16.7. The van der Waals surface area contributed by atoms with Gasteiger partial charge in [-0.1, -0.05) is 25.7 Å². The van der Waals surface area contributed by atoms with E-state index in [9.17, 15) is 4.79 Å². The number of carbonyl (C=O) groups is 1. The van der Waals surface area contributed by atoms with Gasteiger partial charge in [-0.05, 0) is 25.3 Å². The van der Waals surface area contributed by atoms with Gasteiger partial charge in [0.15, 0.2) is 0 Å². The van der Waals surface area contributed by atoms with Gasteiger partial charge < -0.3 is 15.4 Å². The highest BCUT2D eigenvalue weighted by molar-refractivity contribution is 5.94.